The number of ether oxygens (including phenoxy) is 1. The maximum atomic E-state index is 11.5. The lowest BCUT2D eigenvalue weighted by Crippen LogP contribution is -2.42. The number of halogens is 1. The van der Waals surface area contributed by atoms with Gasteiger partial charge in [-0.25, -0.2) is 4.79 Å². The predicted octanol–water partition coefficient (Wildman–Crippen LogP) is 1.32. The summed E-state index contributed by atoms with van der Waals surface area (Å²) in [7, 11) is 0. The van der Waals surface area contributed by atoms with Crippen LogP contribution in [0.2, 0.25) is 5.02 Å². The molecule has 0 aliphatic heterocycles. The molecule has 5 N–H and O–H groups in total. The number of benzene rings is 1. The van der Waals surface area contributed by atoms with Crippen LogP contribution >= 0.6 is 11.6 Å². The lowest BCUT2D eigenvalue weighted by atomic mass is 10.1. The highest BCUT2D eigenvalue weighted by atomic mass is 35.5. The van der Waals surface area contributed by atoms with Crippen molar-refractivity contribution in [1.29, 1.82) is 0 Å². The molecule has 0 bridgehead atoms. The van der Waals surface area contributed by atoms with Crippen LogP contribution in [0.15, 0.2) is 18.2 Å². The number of carbonyl (C=O) groups is 2. The average Bonchev–Trinajstić information content (AvgIpc) is 2.30. The Kier molecular flexibility index (Phi) is 5.14. The van der Waals surface area contributed by atoms with Crippen LogP contribution in [-0.2, 0) is 4.79 Å². The van der Waals surface area contributed by atoms with Crippen molar-refractivity contribution in [2.24, 2.45) is 11.5 Å². The Balaban J connectivity index is 2.87. The molecule has 0 heterocycles. The van der Waals surface area contributed by atoms with Crippen molar-refractivity contribution in [3.8, 4) is 5.75 Å². The highest BCUT2D eigenvalue weighted by molar-refractivity contribution is 6.30. The minimum absolute atomic E-state index is 0.305. The second-order valence-electron chi connectivity index (χ2n) is 4.08. The van der Waals surface area contributed by atoms with E-state index >= 15 is 0 Å². The maximum Gasteiger partial charge on any atom is 0.318 e. The Labute approximate surface area is 116 Å². The van der Waals surface area contributed by atoms with Crippen molar-refractivity contribution >= 4 is 23.5 Å². The molecule has 0 spiro atoms. The van der Waals surface area contributed by atoms with Gasteiger partial charge in [-0.05, 0) is 32.0 Å². The standard InChI is InChI=1S/C12H16ClN3O3/c1-6(14)9-5-8(13)3-4-10(9)19-7(2)11(17)16-12(15)18/h3-7H,14H2,1-2H3,(H3,15,16,17,18). The number of urea groups is 1. The van der Waals surface area contributed by atoms with E-state index in [1.165, 1.54) is 6.92 Å². The zero-order chi connectivity index (χ0) is 14.6. The molecule has 1 rings (SSSR count). The summed E-state index contributed by atoms with van der Waals surface area (Å²) in [4.78, 5) is 22.1. The molecule has 0 radical (unpaired) electrons. The molecule has 7 heteroatoms. The number of primary amides is 1. The molecule has 0 aliphatic carbocycles. The van der Waals surface area contributed by atoms with Crippen LogP contribution in [0.5, 0.6) is 5.75 Å². The first kappa shape index (κ1) is 15.3. The molecular weight excluding hydrogens is 270 g/mol. The second kappa shape index (κ2) is 6.40. The van der Waals surface area contributed by atoms with Gasteiger partial charge in [-0.1, -0.05) is 11.6 Å². The van der Waals surface area contributed by atoms with Crippen molar-refractivity contribution in [1.82, 2.24) is 5.32 Å². The minimum Gasteiger partial charge on any atom is -0.481 e. The van der Waals surface area contributed by atoms with Crippen LogP contribution in [0.4, 0.5) is 4.79 Å². The lowest BCUT2D eigenvalue weighted by Gasteiger charge is -2.18. The molecule has 1 aromatic rings. The fourth-order valence-corrected chi connectivity index (χ4v) is 1.63. The van der Waals surface area contributed by atoms with E-state index in [4.69, 9.17) is 27.8 Å². The highest BCUT2D eigenvalue weighted by Gasteiger charge is 2.18. The SMILES string of the molecule is CC(Oc1ccc(Cl)cc1C(C)N)C(=O)NC(N)=O. The summed E-state index contributed by atoms with van der Waals surface area (Å²) in [5, 5.41) is 2.46. The van der Waals surface area contributed by atoms with E-state index in [0.717, 1.165) is 0 Å². The fourth-order valence-electron chi connectivity index (χ4n) is 1.45. The molecule has 1 aromatic carbocycles. The predicted molar refractivity (Wildman–Crippen MR) is 71.9 cm³/mol. The number of hydrogen-bond donors (Lipinski definition) is 3. The molecule has 104 valence electrons. The molecule has 2 atom stereocenters. The fraction of sp³-hybridized carbons (Fsp3) is 0.333. The Morgan fingerprint density at radius 1 is 1.37 bits per heavy atom. The first-order chi connectivity index (χ1) is 8.81. The monoisotopic (exact) mass is 285 g/mol. The van der Waals surface area contributed by atoms with E-state index in [9.17, 15) is 9.59 Å². The molecule has 19 heavy (non-hydrogen) atoms. The third kappa shape index (κ3) is 4.42. The van der Waals surface area contributed by atoms with Crippen LogP contribution in [0.25, 0.3) is 0 Å². The van der Waals surface area contributed by atoms with E-state index in [-0.39, 0.29) is 6.04 Å². The van der Waals surface area contributed by atoms with Crippen LogP contribution < -0.4 is 21.5 Å². The van der Waals surface area contributed by atoms with Crippen molar-refractivity contribution in [3.05, 3.63) is 28.8 Å². The van der Waals surface area contributed by atoms with Crippen LogP contribution in [0.3, 0.4) is 0 Å². The largest absolute Gasteiger partial charge is 0.481 e. The zero-order valence-electron chi connectivity index (χ0n) is 10.6. The van der Waals surface area contributed by atoms with Gasteiger partial charge in [-0.2, -0.15) is 0 Å². The summed E-state index contributed by atoms with van der Waals surface area (Å²) < 4.78 is 5.47. The van der Waals surface area contributed by atoms with Crippen LogP contribution in [0, 0.1) is 0 Å². The third-order valence-corrected chi connectivity index (χ3v) is 2.62. The second-order valence-corrected chi connectivity index (χ2v) is 4.52. The van der Waals surface area contributed by atoms with E-state index in [1.807, 2.05) is 5.32 Å². The summed E-state index contributed by atoms with van der Waals surface area (Å²) in [6, 6.07) is 3.68. The highest BCUT2D eigenvalue weighted by Crippen LogP contribution is 2.28. The van der Waals surface area contributed by atoms with Crippen molar-refractivity contribution in [2.75, 3.05) is 0 Å². The lowest BCUT2D eigenvalue weighted by molar-refractivity contribution is -0.126. The van der Waals surface area contributed by atoms with Crippen LogP contribution in [0.1, 0.15) is 25.5 Å². The first-order valence-electron chi connectivity index (χ1n) is 5.63. The van der Waals surface area contributed by atoms with Gasteiger partial charge in [-0.3, -0.25) is 10.1 Å². The molecule has 2 unspecified atom stereocenters. The summed E-state index contributed by atoms with van der Waals surface area (Å²) in [5.74, 6) is -0.190. The summed E-state index contributed by atoms with van der Waals surface area (Å²) >= 11 is 5.88. The summed E-state index contributed by atoms with van der Waals surface area (Å²) in [5.41, 5.74) is 11.3. The van der Waals surface area contributed by atoms with E-state index in [2.05, 4.69) is 0 Å². The molecule has 0 fully saturated rings. The van der Waals surface area contributed by atoms with Gasteiger partial charge in [0.25, 0.3) is 5.91 Å². The zero-order valence-corrected chi connectivity index (χ0v) is 11.4. The molecule has 0 saturated heterocycles. The Bertz CT molecular complexity index is 491. The number of amides is 3. The van der Waals surface area contributed by atoms with Gasteiger partial charge < -0.3 is 16.2 Å². The molecule has 0 aromatic heterocycles. The quantitative estimate of drug-likeness (QED) is 0.775. The van der Waals surface area contributed by atoms with Gasteiger partial charge in [0.05, 0.1) is 0 Å². The summed E-state index contributed by atoms with van der Waals surface area (Å²) in [6.07, 6.45) is -0.883. The number of carbonyl (C=O) groups excluding carboxylic acids is 2. The van der Waals surface area contributed by atoms with Crippen molar-refractivity contribution in [3.63, 3.8) is 0 Å². The van der Waals surface area contributed by atoms with Gasteiger partial charge in [0.15, 0.2) is 6.10 Å². The van der Waals surface area contributed by atoms with Gasteiger partial charge in [0, 0.05) is 16.6 Å². The molecule has 6 nitrogen and oxygen atoms in total. The Hall–Kier alpha value is -1.79. The van der Waals surface area contributed by atoms with Crippen molar-refractivity contribution in [2.45, 2.75) is 26.0 Å². The Morgan fingerprint density at radius 3 is 2.53 bits per heavy atom. The average molecular weight is 286 g/mol. The Morgan fingerprint density at radius 2 is 2.00 bits per heavy atom. The summed E-state index contributed by atoms with van der Waals surface area (Å²) in [6.45, 7) is 3.27. The topological polar surface area (TPSA) is 107 Å². The number of hydrogen-bond acceptors (Lipinski definition) is 4. The van der Waals surface area contributed by atoms with Gasteiger partial charge >= 0.3 is 6.03 Å². The smallest absolute Gasteiger partial charge is 0.318 e. The van der Waals surface area contributed by atoms with Gasteiger partial charge in [0.2, 0.25) is 0 Å². The number of rotatable bonds is 4. The molecule has 0 aliphatic rings. The number of nitrogens with two attached hydrogens (primary N) is 2. The molecular formula is C12H16ClN3O3. The van der Waals surface area contributed by atoms with Crippen molar-refractivity contribution < 1.29 is 14.3 Å². The number of nitrogens with one attached hydrogen (secondary N) is 1. The van der Waals surface area contributed by atoms with Gasteiger partial charge in [0.1, 0.15) is 5.75 Å². The molecule has 3 amide bonds. The first-order valence-corrected chi connectivity index (χ1v) is 6.01. The van der Waals surface area contributed by atoms with E-state index in [0.29, 0.717) is 16.3 Å². The van der Waals surface area contributed by atoms with E-state index in [1.54, 1.807) is 25.1 Å². The van der Waals surface area contributed by atoms with Crippen LogP contribution in [-0.4, -0.2) is 18.0 Å². The maximum absolute atomic E-state index is 11.5. The van der Waals surface area contributed by atoms with Gasteiger partial charge in [-0.15, -0.1) is 0 Å². The molecule has 0 saturated carbocycles. The minimum atomic E-state index is -0.927. The normalized spacial score (nSPS) is 13.5. The third-order valence-electron chi connectivity index (χ3n) is 2.38. The van der Waals surface area contributed by atoms with E-state index < -0.39 is 18.0 Å². The number of imide groups is 1.